The normalized spacial score (nSPS) is 17.8. The number of hydrogen-bond acceptors (Lipinski definition) is 3. The van der Waals surface area contributed by atoms with E-state index in [1.807, 2.05) is 37.3 Å². The minimum Gasteiger partial charge on any atom is -0.387 e. The van der Waals surface area contributed by atoms with Gasteiger partial charge in [0.05, 0.1) is 6.04 Å². The fourth-order valence-electron chi connectivity index (χ4n) is 2.69. The Morgan fingerprint density at radius 1 is 1.21 bits per heavy atom. The third-order valence-electron chi connectivity index (χ3n) is 4.34. The molecule has 2 aromatic carbocycles. The van der Waals surface area contributed by atoms with Crippen LogP contribution in [-0.2, 0) is 9.63 Å². The van der Waals surface area contributed by atoms with Gasteiger partial charge >= 0.3 is 0 Å². The smallest absolute Gasteiger partial charge is 0.272 e. The summed E-state index contributed by atoms with van der Waals surface area (Å²) in [5, 5.41) is 3.97. The lowest BCUT2D eigenvalue weighted by Gasteiger charge is -2.25. The Kier molecular flexibility index (Phi) is 4.60. The summed E-state index contributed by atoms with van der Waals surface area (Å²) in [6.45, 7) is 1.90. The zero-order valence-corrected chi connectivity index (χ0v) is 13.6. The van der Waals surface area contributed by atoms with E-state index in [1.54, 1.807) is 24.1 Å². The third-order valence-corrected chi connectivity index (χ3v) is 4.34. The van der Waals surface area contributed by atoms with E-state index in [1.165, 1.54) is 12.1 Å². The van der Waals surface area contributed by atoms with Crippen LogP contribution in [0.3, 0.4) is 0 Å². The van der Waals surface area contributed by atoms with Crippen molar-refractivity contribution in [3.05, 3.63) is 71.5 Å². The van der Waals surface area contributed by atoms with Crippen LogP contribution in [-0.4, -0.2) is 23.6 Å². The fraction of sp³-hybridized carbons (Fsp3) is 0.263. The SMILES string of the molecule is C[C@@H](c1ccc(F)cc1)N(C)C(=O)C1=NO[C@@H](c2ccccc2)C1. The molecule has 0 aliphatic carbocycles. The number of carbonyl (C=O) groups is 1. The molecule has 0 bridgehead atoms. The maximum atomic E-state index is 13.0. The van der Waals surface area contributed by atoms with Gasteiger partial charge in [-0.3, -0.25) is 4.79 Å². The van der Waals surface area contributed by atoms with E-state index in [0.29, 0.717) is 12.1 Å². The Labute approximate surface area is 140 Å². The Morgan fingerprint density at radius 2 is 1.88 bits per heavy atom. The van der Waals surface area contributed by atoms with Crippen molar-refractivity contribution < 1.29 is 14.0 Å². The molecule has 0 unspecified atom stereocenters. The van der Waals surface area contributed by atoms with E-state index in [-0.39, 0.29) is 23.9 Å². The van der Waals surface area contributed by atoms with Crippen LogP contribution in [0.1, 0.15) is 36.6 Å². The molecule has 124 valence electrons. The molecule has 0 radical (unpaired) electrons. The molecule has 1 amide bonds. The zero-order chi connectivity index (χ0) is 17.1. The summed E-state index contributed by atoms with van der Waals surface area (Å²) in [7, 11) is 1.72. The topological polar surface area (TPSA) is 41.9 Å². The zero-order valence-electron chi connectivity index (χ0n) is 13.6. The minimum absolute atomic E-state index is 0.176. The van der Waals surface area contributed by atoms with Gasteiger partial charge in [0.25, 0.3) is 5.91 Å². The van der Waals surface area contributed by atoms with Crippen molar-refractivity contribution in [3.63, 3.8) is 0 Å². The molecule has 0 spiro atoms. The highest BCUT2D eigenvalue weighted by atomic mass is 19.1. The van der Waals surface area contributed by atoms with Crippen LogP contribution in [0.2, 0.25) is 0 Å². The summed E-state index contributed by atoms with van der Waals surface area (Å²) in [6.07, 6.45) is 0.225. The standard InChI is InChI=1S/C19H19FN2O2/c1-13(14-8-10-16(20)11-9-14)22(2)19(23)17-12-18(24-21-17)15-6-4-3-5-7-15/h3-11,13,18H,12H2,1-2H3/t13-,18+/m0/s1. The molecule has 5 heteroatoms. The highest BCUT2D eigenvalue weighted by molar-refractivity contribution is 6.39. The lowest BCUT2D eigenvalue weighted by atomic mass is 10.0. The van der Waals surface area contributed by atoms with Crippen LogP contribution >= 0.6 is 0 Å². The Morgan fingerprint density at radius 3 is 2.54 bits per heavy atom. The van der Waals surface area contributed by atoms with Crippen molar-refractivity contribution >= 4 is 11.6 Å². The van der Waals surface area contributed by atoms with Gasteiger partial charge < -0.3 is 9.74 Å². The lowest BCUT2D eigenvalue weighted by Crippen LogP contribution is -2.34. The number of halogens is 1. The van der Waals surface area contributed by atoms with Crippen molar-refractivity contribution in [2.45, 2.75) is 25.5 Å². The van der Waals surface area contributed by atoms with E-state index in [2.05, 4.69) is 5.16 Å². The highest BCUT2D eigenvalue weighted by Crippen LogP contribution is 2.28. The fourth-order valence-corrected chi connectivity index (χ4v) is 2.69. The van der Waals surface area contributed by atoms with Gasteiger partial charge in [-0.05, 0) is 30.2 Å². The van der Waals surface area contributed by atoms with Gasteiger partial charge in [-0.15, -0.1) is 0 Å². The van der Waals surface area contributed by atoms with Crippen LogP contribution in [0.4, 0.5) is 4.39 Å². The monoisotopic (exact) mass is 326 g/mol. The highest BCUT2D eigenvalue weighted by Gasteiger charge is 2.30. The molecule has 4 nitrogen and oxygen atoms in total. The van der Waals surface area contributed by atoms with E-state index in [9.17, 15) is 9.18 Å². The Hall–Kier alpha value is -2.69. The van der Waals surface area contributed by atoms with Crippen LogP contribution < -0.4 is 0 Å². The summed E-state index contributed by atoms with van der Waals surface area (Å²) in [4.78, 5) is 19.7. The summed E-state index contributed by atoms with van der Waals surface area (Å²) >= 11 is 0. The van der Waals surface area contributed by atoms with Gasteiger partial charge in [-0.2, -0.15) is 0 Å². The first kappa shape index (κ1) is 16.2. The maximum absolute atomic E-state index is 13.0. The molecule has 2 atom stereocenters. The average Bonchev–Trinajstić information content (AvgIpc) is 3.11. The van der Waals surface area contributed by atoms with E-state index in [0.717, 1.165) is 11.1 Å². The van der Waals surface area contributed by atoms with Gasteiger partial charge in [0.15, 0.2) is 6.10 Å². The molecule has 3 rings (SSSR count). The number of amides is 1. The largest absolute Gasteiger partial charge is 0.387 e. The first-order valence-corrected chi connectivity index (χ1v) is 7.86. The molecule has 0 saturated heterocycles. The Bertz CT molecular complexity index is 744. The molecule has 1 aliphatic heterocycles. The number of hydrogen-bond donors (Lipinski definition) is 0. The van der Waals surface area contributed by atoms with Crippen molar-refractivity contribution in [1.29, 1.82) is 0 Å². The maximum Gasteiger partial charge on any atom is 0.272 e. The number of nitrogens with zero attached hydrogens (tertiary/aromatic N) is 2. The lowest BCUT2D eigenvalue weighted by molar-refractivity contribution is -0.124. The first-order valence-electron chi connectivity index (χ1n) is 7.86. The number of rotatable bonds is 4. The van der Waals surface area contributed by atoms with E-state index >= 15 is 0 Å². The molecule has 0 saturated carbocycles. The molecule has 0 N–H and O–H groups in total. The number of oxime groups is 1. The summed E-state index contributed by atoms with van der Waals surface area (Å²) in [5.74, 6) is -0.468. The molecule has 1 heterocycles. The van der Waals surface area contributed by atoms with Crippen LogP contribution in [0.15, 0.2) is 59.8 Å². The number of carbonyl (C=O) groups excluding carboxylic acids is 1. The molecule has 24 heavy (non-hydrogen) atoms. The molecule has 0 aromatic heterocycles. The number of benzene rings is 2. The predicted octanol–water partition coefficient (Wildman–Crippen LogP) is 3.86. The van der Waals surface area contributed by atoms with Gasteiger partial charge in [-0.25, -0.2) is 4.39 Å². The van der Waals surface area contributed by atoms with Gasteiger partial charge in [0.2, 0.25) is 0 Å². The van der Waals surface area contributed by atoms with E-state index < -0.39 is 0 Å². The second-order valence-corrected chi connectivity index (χ2v) is 5.89. The van der Waals surface area contributed by atoms with E-state index in [4.69, 9.17) is 4.84 Å². The Balaban J connectivity index is 1.67. The van der Waals surface area contributed by atoms with Crippen LogP contribution in [0.5, 0.6) is 0 Å². The van der Waals surface area contributed by atoms with Crippen LogP contribution in [0.25, 0.3) is 0 Å². The summed E-state index contributed by atoms with van der Waals surface area (Å²) in [6, 6.07) is 15.7. The molecular weight excluding hydrogens is 307 g/mol. The molecule has 2 aromatic rings. The first-order chi connectivity index (χ1) is 11.6. The summed E-state index contributed by atoms with van der Waals surface area (Å²) in [5.41, 5.74) is 2.27. The van der Waals surface area contributed by atoms with Crippen molar-refractivity contribution in [3.8, 4) is 0 Å². The quantitative estimate of drug-likeness (QED) is 0.856. The van der Waals surface area contributed by atoms with Gasteiger partial charge in [0, 0.05) is 13.5 Å². The third kappa shape index (κ3) is 3.30. The minimum atomic E-state index is -0.292. The molecule has 0 fully saturated rings. The molecular formula is C19H19FN2O2. The molecule has 1 aliphatic rings. The predicted molar refractivity (Wildman–Crippen MR) is 89.9 cm³/mol. The second-order valence-electron chi connectivity index (χ2n) is 5.89. The van der Waals surface area contributed by atoms with Gasteiger partial charge in [-0.1, -0.05) is 47.6 Å². The van der Waals surface area contributed by atoms with Crippen molar-refractivity contribution in [2.24, 2.45) is 5.16 Å². The van der Waals surface area contributed by atoms with Gasteiger partial charge in [0.1, 0.15) is 11.5 Å². The average molecular weight is 326 g/mol. The van der Waals surface area contributed by atoms with Crippen molar-refractivity contribution in [2.75, 3.05) is 7.05 Å². The summed E-state index contributed by atoms with van der Waals surface area (Å²) < 4.78 is 13.0. The van der Waals surface area contributed by atoms with Crippen LogP contribution in [0, 0.1) is 5.82 Å². The van der Waals surface area contributed by atoms with Crippen molar-refractivity contribution in [1.82, 2.24) is 4.90 Å². The second kappa shape index (κ2) is 6.83.